The van der Waals surface area contributed by atoms with Gasteiger partial charge in [-0.1, -0.05) is 13.0 Å². The molecule has 1 aromatic rings. The summed E-state index contributed by atoms with van der Waals surface area (Å²) in [6.07, 6.45) is 0.957. The summed E-state index contributed by atoms with van der Waals surface area (Å²) in [7, 11) is 0. The highest BCUT2D eigenvalue weighted by atomic mass is 127. The van der Waals surface area contributed by atoms with Crippen LogP contribution in [0.25, 0.3) is 0 Å². The fourth-order valence-corrected chi connectivity index (χ4v) is 2.27. The molecule has 0 unspecified atom stereocenters. The van der Waals surface area contributed by atoms with E-state index in [0.29, 0.717) is 12.2 Å². The summed E-state index contributed by atoms with van der Waals surface area (Å²) < 4.78 is 5.86. The molecule has 0 aromatic heterocycles. The number of rotatable bonds is 4. The summed E-state index contributed by atoms with van der Waals surface area (Å²) in [6.45, 7) is 4.14. The molecule has 0 saturated heterocycles. The van der Waals surface area contributed by atoms with E-state index in [1.165, 1.54) is 0 Å². The van der Waals surface area contributed by atoms with Crippen LogP contribution >= 0.6 is 22.6 Å². The van der Waals surface area contributed by atoms with Crippen LogP contribution in [0, 0.1) is 14.9 Å². The maximum absolute atomic E-state index is 11.5. The molecule has 0 aliphatic heterocycles. The largest absolute Gasteiger partial charge is 0.466 e. The minimum Gasteiger partial charge on any atom is -0.466 e. The van der Waals surface area contributed by atoms with Gasteiger partial charge in [0.15, 0.2) is 0 Å². The quantitative estimate of drug-likeness (QED) is 0.624. The minimum absolute atomic E-state index is 0.169. The lowest BCUT2D eigenvalue weighted by Crippen LogP contribution is -2.11. The lowest BCUT2D eigenvalue weighted by molar-refractivity contribution is -0.142. The van der Waals surface area contributed by atoms with Crippen LogP contribution in [0.2, 0.25) is 0 Å². The van der Waals surface area contributed by atoms with E-state index in [1.54, 1.807) is 6.92 Å². The zero-order chi connectivity index (χ0) is 12.8. The Morgan fingerprint density at radius 3 is 2.71 bits per heavy atom. The van der Waals surface area contributed by atoms with Crippen molar-refractivity contribution in [1.82, 2.24) is 0 Å². The second kappa shape index (κ2) is 6.60. The van der Waals surface area contributed by atoms with Gasteiger partial charge in [-0.25, -0.2) is 0 Å². The predicted octanol–water partition coefficient (Wildman–Crippen LogP) is 2.83. The third-order valence-corrected chi connectivity index (χ3v) is 3.47. The number of ether oxygens (including phenoxy) is 1. The third-order valence-electron chi connectivity index (χ3n) is 2.46. The molecule has 0 N–H and O–H groups in total. The van der Waals surface area contributed by atoms with Crippen molar-refractivity contribution < 1.29 is 9.53 Å². The number of esters is 1. The highest BCUT2D eigenvalue weighted by Crippen LogP contribution is 2.22. The van der Waals surface area contributed by atoms with Gasteiger partial charge in [-0.15, -0.1) is 0 Å². The molecule has 0 atom stereocenters. The fraction of sp³-hybridized carbons (Fsp3) is 0.385. The summed E-state index contributed by atoms with van der Waals surface area (Å²) in [5.74, 6) is -0.282. The van der Waals surface area contributed by atoms with Crippen LogP contribution in [0.4, 0.5) is 0 Å². The van der Waals surface area contributed by atoms with Gasteiger partial charge in [-0.2, -0.15) is 5.26 Å². The fourth-order valence-electron chi connectivity index (χ4n) is 1.63. The first kappa shape index (κ1) is 14.0. The van der Waals surface area contributed by atoms with Gasteiger partial charge in [0.05, 0.1) is 24.7 Å². The normalized spacial score (nSPS) is 9.76. The van der Waals surface area contributed by atoms with E-state index in [-0.39, 0.29) is 12.4 Å². The molecule has 0 amide bonds. The van der Waals surface area contributed by atoms with Gasteiger partial charge in [-0.05, 0) is 53.1 Å². The van der Waals surface area contributed by atoms with Crippen molar-refractivity contribution in [3.05, 3.63) is 32.4 Å². The van der Waals surface area contributed by atoms with Crippen LogP contribution < -0.4 is 0 Å². The lowest BCUT2D eigenvalue weighted by Gasteiger charge is -2.10. The van der Waals surface area contributed by atoms with Gasteiger partial charge >= 0.3 is 5.97 Å². The number of halogens is 1. The van der Waals surface area contributed by atoms with Crippen molar-refractivity contribution in [3.63, 3.8) is 0 Å². The van der Waals surface area contributed by atoms with Crippen LogP contribution in [0.3, 0.4) is 0 Å². The van der Waals surface area contributed by atoms with Gasteiger partial charge in [0.1, 0.15) is 0 Å². The van der Waals surface area contributed by atoms with E-state index in [0.717, 1.165) is 21.1 Å². The smallest absolute Gasteiger partial charge is 0.310 e. The molecule has 0 saturated carbocycles. The average molecular weight is 343 g/mol. The van der Waals surface area contributed by atoms with E-state index in [9.17, 15) is 10.1 Å². The van der Waals surface area contributed by atoms with Gasteiger partial charge in [0, 0.05) is 3.57 Å². The summed E-state index contributed by atoms with van der Waals surface area (Å²) >= 11 is 2.15. The number of carbonyl (C=O) groups excluding carboxylic acids is 1. The Morgan fingerprint density at radius 2 is 2.18 bits per heavy atom. The summed E-state index contributed by atoms with van der Waals surface area (Å²) in [4.78, 5) is 11.5. The maximum atomic E-state index is 11.5. The molecule has 1 aromatic carbocycles. The van der Waals surface area contributed by atoms with Gasteiger partial charge in [0.2, 0.25) is 0 Å². The molecule has 0 aliphatic carbocycles. The highest BCUT2D eigenvalue weighted by molar-refractivity contribution is 14.1. The predicted molar refractivity (Wildman–Crippen MR) is 73.6 cm³/mol. The molecule has 0 heterocycles. The first-order valence-corrected chi connectivity index (χ1v) is 6.57. The SMILES string of the molecule is CCOC(=O)Cc1c(I)ccc(CC)c1C#N. The number of carbonyl (C=O) groups is 1. The number of benzene rings is 1. The Bertz CT molecular complexity index is 463. The van der Waals surface area contributed by atoms with Crippen molar-refractivity contribution in [2.24, 2.45) is 0 Å². The number of nitrogens with zero attached hydrogens (tertiary/aromatic N) is 1. The minimum atomic E-state index is -0.282. The molecule has 0 fully saturated rings. The lowest BCUT2D eigenvalue weighted by atomic mass is 9.98. The summed E-state index contributed by atoms with van der Waals surface area (Å²) in [5.41, 5.74) is 2.38. The molecule has 90 valence electrons. The Hall–Kier alpha value is -1.09. The molecular formula is C13H14INO2. The van der Waals surface area contributed by atoms with Crippen LogP contribution in [0.1, 0.15) is 30.5 Å². The van der Waals surface area contributed by atoms with Crippen LogP contribution in [-0.2, 0) is 22.4 Å². The van der Waals surface area contributed by atoms with Gasteiger partial charge in [-0.3, -0.25) is 4.79 Å². The molecule has 1 rings (SSSR count). The van der Waals surface area contributed by atoms with Crippen molar-refractivity contribution in [1.29, 1.82) is 5.26 Å². The van der Waals surface area contributed by atoms with Crippen LogP contribution in [0.5, 0.6) is 0 Å². The second-order valence-electron chi connectivity index (χ2n) is 3.51. The Balaban J connectivity index is 3.13. The number of aryl methyl sites for hydroxylation is 1. The van der Waals surface area contributed by atoms with E-state index in [1.807, 2.05) is 19.1 Å². The van der Waals surface area contributed by atoms with E-state index >= 15 is 0 Å². The monoisotopic (exact) mass is 343 g/mol. The second-order valence-corrected chi connectivity index (χ2v) is 4.67. The van der Waals surface area contributed by atoms with E-state index in [4.69, 9.17) is 4.74 Å². The number of hydrogen-bond donors (Lipinski definition) is 0. The maximum Gasteiger partial charge on any atom is 0.310 e. The highest BCUT2D eigenvalue weighted by Gasteiger charge is 2.14. The van der Waals surface area contributed by atoms with Crippen molar-refractivity contribution >= 4 is 28.6 Å². The third kappa shape index (κ3) is 3.43. The molecule has 0 aliphatic rings. The van der Waals surface area contributed by atoms with Crippen LogP contribution in [0.15, 0.2) is 12.1 Å². The summed E-state index contributed by atoms with van der Waals surface area (Å²) in [5, 5.41) is 9.19. The van der Waals surface area contributed by atoms with Crippen molar-refractivity contribution in [3.8, 4) is 6.07 Å². The van der Waals surface area contributed by atoms with Crippen molar-refractivity contribution in [2.45, 2.75) is 26.7 Å². The van der Waals surface area contributed by atoms with E-state index < -0.39 is 0 Å². The zero-order valence-electron chi connectivity index (χ0n) is 9.92. The van der Waals surface area contributed by atoms with Gasteiger partial charge in [0.25, 0.3) is 0 Å². The first-order chi connectivity index (χ1) is 8.13. The molecule has 0 spiro atoms. The topological polar surface area (TPSA) is 50.1 Å². The van der Waals surface area contributed by atoms with Crippen LogP contribution in [-0.4, -0.2) is 12.6 Å². The number of hydrogen-bond acceptors (Lipinski definition) is 3. The molecule has 0 bridgehead atoms. The Kier molecular flexibility index (Phi) is 5.42. The molecule has 3 nitrogen and oxygen atoms in total. The van der Waals surface area contributed by atoms with Gasteiger partial charge < -0.3 is 4.74 Å². The zero-order valence-corrected chi connectivity index (χ0v) is 12.1. The van der Waals surface area contributed by atoms with E-state index in [2.05, 4.69) is 28.7 Å². The molecule has 4 heteroatoms. The molecule has 0 radical (unpaired) electrons. The summed E-state index contributed by atoms with van der Waals surface area (Å²) in [6, 6.07) is 6.07. The Labute approximate surface area is 115 Å². The number of nitriles is 1. The molecule has 17 heavy (non-hydrogen) atoms. The first-order valence-electron chi connectivity index (χ1n) is 5.50. The Morgan fingerprint density at radius 1 is 1.47 bits per heavy atom. The van der Waals surface area contributed by atoms with Crippen molar-refractivity contribution in [2.75, 3.05) is 6.61 Å². The standard InChI is InChI=1S/C13H14INO2/c1-3-9-5-6-12(14)10(11(9)8-15)7-13(16)17-4-2/h5-6H,3-4,7H2,1-2H3. The average Bonchev–Trinajstić information content (AvgIpc) is 2.31. The molecular weight excluding hydrogens is 329 g/mol.